The average Bonchev–Trinajstić information content (AvgIpc) is 2.67. The summed E-state index contributed by atoms with van der Waals surface area (Å²) in [7, 11) is 0. The van der Waals surface area contributed by atoms with Crippen LogP contribution < -0.4 is 10.6 Å². The molecule has 0 fully saturated rings. The molecular formula is C23H23ClN2O2S. The number of fused-ring (bicyclic) bond motifs is 1. The summed E-state index contributed by atoms with van der Waals surface area (Å²) in [6.07, 6.45) is 0. The minimum Gasteiger partial charge on any atom is -0.346 e. The normalized spacial score (nSPS) is 10.8. The standard InChI is InChI=1S/C23H23ClN2O2S/c1-14-10-15(2)23(16(3)11-14)26-20(27)12-25-21(28)13-29-19-9-5-7-17-6-4-8-18(24)22(17)19/h4-11H,12-13H2,1-3H3,(H,25,28)(H,26,27). The van der Waals surface area contributed by atoms with Crippen molar-refractivity contribution in [1.29, 1.82) is 0 Å². The van der Waals surface area contributed by atoms with Gasteiger partial charge in [0.25, 0.3) is 0 Å². The van der Waals surface area contributed by atoms with E-state index in [1.807, 2.05) is 69.3 Å². The predicted octanol–water partition coefficient (Wildman–Crippen LogP) is 5.27. The summed E-state index contributed by atoms with van der Waals surface area (Å²) in [4.78, 5) is 25.4. The number of amides is 2. The molecule has 0 aliphatic carbocycles. The number of nitrogens with one attached hydrogen (secondary N) is 2. The van der Waals surface area contributed by atoms with Gasteiger partial charge in [-0.2, -0.15) is 0 Å². The average molecular weight is 427 g/mol. The lowest BCUT2D eigenvalue weighted by atomic mass is 10.1. The Morgan fingerprint density at radius 2 is 1.62 bits per heavy atom. The van der Waals surface area contributed by atoms with E-state index in [0.717, 1.165) is 38.0 Å². The Morgan fingerprint density at radius 3 is 2.31 bits per heavy atom. The zero-order chi connectivity index (χ0) is 21.0. The van der Waals surface area contributed by atoms with E-state index in [1.54, 1.807) is 0 Å². The van der Waals surface area contributed by atoms with Crippen LogP contribution in [0.2, 0.25) is 5.02 Å². The molecule has 0 unspecified atom stereocenters. The minimum absolute atomic E-state index is 0.0670. The Kier molecular flexibility index (Phi) is 6.83. The molecule has 150 valence electrons. The SMILES string of the molecule is Cc1cc(C)c(NC(=O)CNC(=O)CSc2cccc3cccc(Cl)c23)c(C)c1. The third-order valence-corrected chi connectivity index (χ3v) is 5.93. The Labute approximate surface area is 180 Å². The molecule has 0 saturated heterocycles. The fourth-order valence-corrected chi connectivity index (χ4v) is 4.59. The third kappa shape index (κ3) is 5.31. The number of rotatable bonds is 6. The van der Waals surface area contributed by atoms with E-state index < -0.39 is 0 Å². The first-order valence-corrected chi connectivity index (χ1v) is 10.7. The van der Waals surface area contributed by atoms with Crippen molar-refractivity contribution in [2.75, 3.05) is 17.6 Å². The maximum absolute atomic E-state index is 12.2. The van der Waals surface area contributed by atoms with E-state index in [9.17, 15) is 9.59 Å². The summed E-state index contributed by atoms with van der Waals surface area (Å²) in [6.45, 7) is 5.87. The van der Waals surface area contributed by atoms with Gasteiger partial charge in [0, 0.05) is 21.0 Å². The molecule has 3 rings (SSSR count). The van der Waals surface area contributed by atoms with Crippen molar-refractivity contribution in [2.24, 2.45) is 0 Å². The topological polar surface area (TPSA) is 58.2 Å². The van der Waals surface area contributed by atoms with Crippen molar-refractivity contribution < 1.29 is 9.59 Å². The van der Waals surface area contributed by atoms with Crippen LogP contribution >= 0.6 is 23.4 Å². The molecule has 0 aromatic heterocycles. The summed E-state index contributed by atoms with van der Waals surface area (Å²) < 4.78 is 0. The van der Waals surface area contributed by atoms with Gasteiger partial charge in [0.2, 0.25) is 11.8 Å². The van der Waals surface area contributed by atoms with Gasteiger partial charge in [0.15, 0.2) is 0 Å². The van der Waals surface area contributed by atoms with Crippen LogP contribution in [0.15, 0.2) is 53.4 Å². The lowest BCUT2D eigenvalue weighted by Crippen LogP contribution is -2.34. The van der Waals surface area contributed by atoms with Crippen LogP contribution in [-0.4, -0.2) is 24.1 Å². The number of carbonyl (C=O) groups is 2. The molecule has 0 saturated carbocycles. The molecule has 0 radical (unpaired) electrons. The molecular weight excluding hydrogens is 404 g/mol. The second kappa shape index (κ2) is 9.33. The molecule has 4 nitrogen and oxygen atoms in total. The number of carbonyl (C=O) groups excluding carboxylic acids is 2. The van der Waals surface area contributed by atoms with Crippen LogP contribution in [0, 0.1) is 20.8 Å². The van der Waals surface area contributed by atoms with Gasteiger partial charge in [-0.05, 0) is 49.4 Å². The van der Waals surface area contributed by atoms with Crippen molar-refractivity contribution >= 4 is 51.6 Å². The molecule has 0 spiro atoms. The van der Waals surface area contributed by atoms with Gasteiger partial charge < -0.3 is 10.6 Å². The summed E-state index contributed by atoms with van der Waals surface area (Å²) >= 11 is 7.73. The van der Waals surface area contributed by atoms with Crippen molar-refractivity contribution in [2.45, 2.75) is 25.7 Å². The lowest BCUT2D eigenvalue weighted by molar-refractivity contribution is -0.122. The zero-order valence-corrected chi connectivity index (χ0v) is 18.2. The van der Waals surface area contributed by atoms with Crippen LogP contribution in [0.1, 0.15) is 16.7 Å². The number of halogens is 1. The second-order valence-corrected chi connectivity index (χ2v) is 8.41. The van der Waals surface area contributed by atoms with Crippen molar-refractivity contribution in [3.63, 3.8) is 0 Å². The van der Waals surface area contributed by atoms with E-state index >= 15 is 0 Å². The van der Waals surface area contributed by atoms with Crippen LogP contribution in [0.4, 0.5) is 5.69 Å². The molecule has 3 aromatic carbocycles. The summed E-state index contributed by atoms with van der Waals surface area (Å²) in [5, 5.41) is 8.21. The molecule has 29 heavy (non-hydrogen) atoms. The van der Waals surface area contributed by atoms with Gasteiger partial charge in [0.1, 0.15) is 0 Å². The number of hydrogen-bond donors (Lipinski definition) is 2. The first kappa shape index (κ1) is 21.2. The van der Waals surface area contributed by atoms with Crippen molar-refractivity contribution in [3.8, 4) is 0 Å². The van der Waals surface area contributed by atoms with Crippen LogP contribution in [0.25, 0.3) is 10.8 Å². The Hall–Kier alpha value is -2.50. The molecule has 0 heterocycles. The predicted molar refractivity (Wildman–Crippen MR) is 122 cm³/mol. The second-order valence-electron chi connectivity index (χ2n) is 6.98. The maximum atomic E-state index is 12.2. The molecule has 0 aliphatic heterocycles. The zero-order valence-electron chi connectivity index (χ0n) is 16.6. The largest absolute Gasteiger partial charge is 0.346 e. The third-order valence-electron chi connectivity index (χ3n) is 4.56. The van der Waals surface area contributed by atoms with Gasteiger partial charge >= 0.3 is 0 Å². The molecule has 6 heteroatoms. The monoisotopic (exact) mass is 426 g/mol. The van der Waals surface area contributed by atoms with E-state index in [2.05, 4.69) is 10.6 Å². The highest BCUT2D eigenvalue weighted by molar-refractivity contribution is 8.00. The van der Waals surface area contributed by atoms with Crippen molar-refractivity contribution in [1.82, 2.24) is 5.32 Å². The molecule has 2 amide bonds. The molecule has 0 atom stereocenters. The van der Waals surface area contributed by atoms with Crippen LogP contribution in [0.3, 0.4) is 0 Å². The fourth-order valence-electron chi connectivity index (χ4n) is 3.32. The summed E-state index contributed by atoms with van der Waals surface area (Å²) in [6, 6.07) is 15.7. The van der Waals surface area contributed by atoms with Crippen molar-refractivity contribution in [3.05, 3.63) is 70.2 Å². The number of benzene rings is 3. The number of thioether (sulfide) groups is 1. The number of aryl methyl sites for hydroxylation is 3. The van der Waals surface area contributed by atoms with E-state index in [-0.39, 0.29) is 24.1 Å². The van der Waals surface area contributed by atoms with Gasteiger partial charge in [0.05, 0.1) is 12.3 Å². The van der Waals surface area contributed by atoms with Crippen LogP contribution in [0.5, 0.6) is 0 Å². The number of anilines is 1. The quantitative estimate of drug-likeness (QED) is 0.528. The van der Waals surface area contributed by atoms with Gasteiger partial charge in [-0.3, -0.25) is 9.59 Å². The van der Waals surface area contributed by atoms with E-state index in [4.69, 9.17) is 11.6 Å². The highest BCUT2D eigenvalue weighted by atomic mass is 35.5. The highest BCUT2D eigenvalue weighted by Gasteiger charge is 2.11. The van der Waals surface area contributed by atoms with E-state index in [1.165, 1.54) is 11.8 Å². The molecule has 3 aromatic rings. The minimum atomic E-state index is -0.244. The Bertz CT molecular complexity index is 1050. The molecule has 0 aliphatic rings. The van der Waals surface area contributed by atoms with Crippen LogP contribution in [-0.2, 0) is 9.59 Å². The Balaban J connectivity index is 1.55. The smallest absolute Gasteiger partial charge is 0.243 e. The number of hydrogen-bond acceptors (Lipinski definition) is 3. The lowest BCUT2D eigenvalue weighted by Gasteiger charge is -2.13. The molecule has 2 N–H and O–H groups in total. The first-order chi connectivity index (χ1) is 13.8. The fraction of sp³-hybridized carbons (Fsp3) is 0.217. The van der Waals surface area contributed by atoms with Gasteiger partial charge in [-0.15, -0.1) is 11.8 Å². The van der Waals surface area contributed by atoms with Gasteiger partial charge in [-0.1, -0.05) is 53.6 Å². The van der Waals surface area contributed by atoms with Gasteiger partial charge in [-0.25, -0.2) is 0 Å². The first-order valence-electron chi connectivity index (χ1n) is 9.29. The summed E-state index contributed by atoms with van der Waals surface area (Å²) in [5.74, 6) is -0.238. The van der Waals surface area contributed by atoms with E-state index in [0.29, 0.717) is 5.02 Å². The maximum Gasteiger partial charge on any atom is 0.243 e. The molecule has 0 bridgehead atoms. The summed E-state index contributed by atoms with van der Waals surface area (Å²) in [5.41, 5.74) is 3.96. The highest BCUT2D eigenvalue weighted by Crippen LogP contribution is 2.33. The Morgan fingerprint density at radius 1 is 0.966 bits per heavy atom.